The molecule has 1 fully saturated rings. The maximum absolute atomic E-state index is 12.0. The van der Waals surface area contributed by atoms with Crippen LogP contribution in [0.5, 0.6) is 0 Å². The van der Waals surface area contributed by atoms with Crippen molar-refractivity contribution in [3.63, 3.8) is 0 Å². The third-order valence-electron chi connectivity index (χ3n) is 5.40. The van der Waals surface area contributed by atoms with E-state index in [0.717, 1.165) is 25.7 Å². The van der Waals surface area contributed by atoms with Crippen LogP contribution in [0.1, 0.15) is 31.7 Å². The minimum absolute atomic E-state index is 0. The fourth-order valence-electron chi connectivity index (χ4n) is 3.34. The van der Waals surface area contributed by atoms with Crippen LogP contribution in [-0.4, -0.2) is 76.9 Å². The molecule has 1 aliphatic rings. The van der Waals surface area contributed by atoms with E-state index < -0.39 is 49.2 Å². The van der Waals surface area contributed by atoms with Crippen LogP contribution in [0.2, 0.25) is 0 Å². The van der Waals surface area contributed by atoms with Crippen molar-refractivity contribution in [3.05, 3.63) is 60.2 Å². The minimum atomic E-state index is -1.51. The Labute approximate surface area is 211 Å². The Morgan fingerprint density at radius 1 is 1.06 bits per heavy atom. The second-order valence-electron chi connectivity index (χ2n) is 8.17. The topological polar surface area (TPSA) is 126 Å². The predicted molar refractivity (Wildman–Crippen MR) is 121 cm³/mol. The molecule has 0 amide bonds. The fourth-order valence-corrected chi connectivity index (χ4v) is 3.34. The molecule has 4 N–H and O–H groups in total. The third kappa shape index (κ3) is 10.4. The zero-order valence-electron chi connectivity index (χ0n) is 19.4. The molecule has 1 heterocycles. The molecule has 8 nitrogen and oxygen atoms in total. The van der Waals surface area contributed by atoms with Crippen molar-refractivity contribution in [1.29, 1.82) is 0 Å². The first-order valence-electron chi connectivity index (χ1n) is 11.4. The van der Waals surface area contributed by atoms with Crippen molar-refractivity contribution in [3.8, 4) is 0 Å². The number of aryl methyl sites for hydroxylation is 1. The number of hydrogen-bond acceptors (Lipinski definition) is 8. The van der Waals surface area contributed by atoms with Gasteiger partial charge in [0.25, 0.3) is 0 Å². The molecule has 3 rings (SSSR count). The van der Waals surface area contributed by atoms with Gasteiger partial charge in [0, 0.05) is 0 Å². The van der Waals surface area contributed by atoms with Gasteiger partial charge in [-0.25, -0.2) is 24.3 Å². The van der Waals surface area contributed by atoms with Gasteiger partial charge >= 0.3 is 23.0 Å². The van der Waals surface area contributed by atoms with E-state index in [1.807, 2.05) is 42.5 Å². The summed E-state index contributed by atoms with van der Waals surface area (Å²) in [6.45, 7) is 1.35. The molecule has 34 heavy (non-hydrogen) atoms. The normalized spacial score (nSPS) is 24.9. The smallest absolute Gasteiger partial charge is 0.465 e. The average molecular weight is 520 g/mol. The van der Waals surface area contributed by atoms with Gasteiger partial charge < -0.3 is 34.6 Å². The molecule has 0 aliphatic carbocycles. The zero-order chi connectivity index (χ0) is 24.1. The summed E-state index contributed by atoms with van der Waals surface area (Å²) in [7, 11) is 0. The van der Waals surface area contributed by atoms with Crippen LogP contribution < -0.4 is 0 Å². The van der Waals surface area contributed by atoms with Gasteiger partial charge in [0.1, 0.15) is 24.4 Å². The van der Waals surface area contributed by atoms with Gasteiger partial charge in [0.15, 0.2) is 6.29 Å². The summed E-state index contributed by atoms with van der Waals surface area (Å²) in [4.78, 5) is 12.0. The van der Waals surface area contributed by atoms with Crippen LogP contribution in [0.3, 0.4) is 0 Å². The van der Waals surface area contributed by atoms with Gasteiger partial charge in [0.2, 0.25) is 0 Å². The van der Waals surface area contributed by atoms with E-state index in [4.69, 9.17) is 19.3 Å². The molecule has 0 bridgehead atoms. The predicted octanol–water partition coefficient (Wildman–Crippen LogP) is 1.52. The molecule has 0 spiro atoms. The molecular weight excluding hydrogens is 484 g/mol. The van der Waals surface area contributed by atoms with Crippen molar-refractivity contribution in [2.75, 3.05) is 19.8 Å². The number of aliphatic hydroxyl groups excluding tert-OH is 4. The summed E-state index contributed by atoms with van der Waals surface area (Å²) >= 11 is 0. The van der Waals surface area contributed by atoms with E-state index >= 15 is 0 Å². The summed E-state index contributed by atoms with van der Waals surface area (Å²) < 4.78 is 15.8. The van der Waals surface area contributed by atoms with Gasteiger partial charge in [-0.05, 0) is 19.8 Å². The van der Waals surface area contributed by atoms with Gasteiger partial charge in [-0.3, -0.25) is 4.79 Å². The molecule has 1 aliphatic heterocycles. The van der Waals surface area contributed by atoms with Gasteiger partial charge in [-0.15, -0.1) is 0 Å². The van der Waals surface area contributed by atoms with Crippen LogP contribution >= 0.6 is 0 Å². The molecule has 6 atom stereocenters. The maximum Gasteiger partial charge on any atom is 2.00 e. The molecule has 9 heteroatoms. The Hall–Kier alpha value is -1.55. The summed E-state index contributed by atoms with van der Waals surface area (Å²) in [6, 6.07) is 18.2. The Balaban J connectivity index is 0.000000851. The standard InChI is InChI=1S/C20H31O8.C5H5.Fe/c1-13(12-27-20-18(24)17(23)16(22)15(11-21)28-20)19(25)26-10-6-2-3-7-14-8-4-5-9-14;1-2-4-5-3-1;/h4-5,8-9,13,15-18,20-24H,2-3,6-7,10-12H2,1H3;1-5H;/q2*-1;+2/t13-,15-,16-,17+,18+,20?;;/m1../s1. The van der Waals surface area contributed by atoms with E-state index in [2.05, 4.69) is 12.1 Å². The molecule has 192 valence electrons. The summed E-state index contributed by atoms with van der Waals surface area (Å²) in [5.41, 5.74) is 1.32. The Morgan fingerprint density at radius 2 is 1.79 bits per heavy atom. The first-order chi connectivity index (χ1) is 15.9. The number of unbranched alkanes of at least 4 members (excludes halogenated alkanes) is 2. The van der Waals surface area contributed by atoms with Crippen LogP contribution in [0.4, 0.5) is 0 Å². The van der Waals surface area contributed by atoms with Crippen molar-refractivity contribution in [1.82, 2.24) is 0 Å². The van der Waals surface area contributed by atoms with Gasteiger partial charge in [-0.2, -0.15) is 35.9 Å². The monoisotopic (exact) mass is 520 g/mol. The zero-order valence-corrected chi connectivity index (χ0v) is 20.5. The molecule has 1 unspecified atom stereocenters. The number of carbonyl (C=O) groups is 1. The van der Waals surface area contributed by atoms with Crippen molar-refractivity contribution < 1.29 is 56.5 Å². The van der Waals surface area contributed by atoms with E-state index in [-0.39, 0.29) is 23.7 Å². The number of aliphatic hydroxyl groups is 4. The molecule has 0 aromatic heterocycles. The molecule has 1 saturated heterocycles. The van der Waals surface area contributed by atoms with Gasteiger partial charge in [-0.1, -0.05) is 12.8 Å². The number of ether oxygens (including phenoxy) is 3. The average Bonchev–Trinajstić information content (AvgIpc) is 3.56. The van der Waals surface area contributed by atoms with Crippen molar-refractivity contribution >= 4 is 5.97 Å². The number of esters is 1. The minimum Gasteiger partial charge on any atom is -0.465 e. The Kier molecular flexibility index (Phi) is 15.2. The first kappa shape index (κ1) is 30.5. The number of carbonyl (C=O) groups excluding carboxylic acids is 1. The van der Waals surface area contributed by atoms with E-state index in [9.17, 15) is 20.1 Å². The maximum atomic E-state index is 12.0. The largest absolute Gasteiger partial charge is 2.00 e. The third-order valence-corrected chi connectivity index (χ3v) is 5.40. The number of rotatable bonds is 11. The van der Waals surface area contributed by atoms with E-state index in [0.29, 0.717) is 6.61 Å². The SMILES string of the molecule is C[C@H](COC1O[C@H](CO)[C@@H](O)[C@H](O)[C@@H]1O)C(=O)OCCCCCc1ccc[cH-]1.[Fe+2].c1cc[cH-]c1. The second kappa shape index (κ2) is 17.0. The summed E-state index contributed by atoms with van der Waals surface area (Å²) in [5.74, 6) is -1.00. The van der Waals surface area contributed by atoms with Gasteiger partial charge in [0.05, 0.1) is 25.7 Å². The van der Waals surface area contributed by atoms with Crippen LogP contribution in [-0.2, 0) is 42.5 Å². The molecule has 2 aromatic rings. The van der Waals surface area contributed by atoms with Crippen LogP contribution in [0, 0.1) is 5.92 Å². The second-order valence-corrected chi connectivity index (χ2v) is 8.17. The summed E-state index contributed by atoms with van der Waals surface area (Å²) in [5, 5.41) is 38.5. The molecule has 0 saturated carbocycles. The van der Waals surface area contributed by atoms with E-state index in [1.165, 1.54) is 5.56 Å². The molecular formula is C25H36FeO8. The number of hydrogen-bond donors (Lipinski definition) is 4. The molecule has 2 aromatic carbocycles. The quantitative estimate of drug-likeness (QED) is 0.152. The van der Waals surface area contributed by atoms with E-state index in [1.54, 1.807) is 6.92 Å². The van der Waals surface area contributed by atoms with Crippen molar-refractivity contribution in [2.24, 2.45) is 5.92 Å². The summed E-state index contributed by atoms with van der Waals surface area (Å²) in [6.07, 6.45) is -2.92. The van der Waals surface area contributed by atoms with Crippen LogP contribution in [0.25, 0.3) is 0 Å². The Morgan fingerprint density at radius 3 is 2.38 bits per heavy atom. The molecule has 0 radical (unpaired) electrons. The van der Waals surface area contributed by atoms with Crippen LogP contribution in [0.15, 0.2) is 54.6 Å². The Bertz CT molecular complexity index is 717. The fraction of sp³-hybridized carbons (Fsp3) is 0.560. The van der Waals surface area contributed by atoms with Crippen molar-refractivity contribution in [2.45, 2.75) is 63.3 Å². The first-order valence-corrected chi connectivity index (χ1v) is 11.4.